The Morgan fingerprint density at radius 2 is 0.667 bits per heavy atom. The molecule has 0 saturated carbocycles. The van der Waals surface area contributed by atoms with E-state index in [4.69, 9.17) is 26.0 Å². The summed E-state index contributed by atoms with van der Waals surface area (Å²) in [6.45, 7) is 7.24. The highest BCUT2D eigenvalue weighted by Crippen LogP contribution is 2.30. The smallest absolute Gasteiger partial charge is 0.267 e. The van der Waals surface area contributed by atoms with Gasteiger partial charge in [-0.25, -0.2) is 83.7 Å². The molecule has 30 nitrogen and oxygen atoms in total. The van der Waals surface area contributed by atoms with Crippen molar-refractivity contribution in [3.8, 4) is 0 Å². The summed E-state index contributed by atoms with van der Waals surface area (Å²) in [6, 6.07) is 88.5. The number of rotatable bonds is 41. The Labute approximate surface area is 789 Å². The standard InChI is InChI=1S/C23H22N2O4S.C21H26N2O4S.2C19H22N2O4S.C18H18N2O4S/c26-23(24-27)15-14-19-12-7-13-22(16-19)30(28,29)25(17-20-8-3-1-4-9-20)18-21-10-5-2-6-11-21;1-3-4-15-23(17(2)19-10-6-5-7-11-19)28(26,27)20-12-8-9-18(16-20)13-14-21(24)22-25;1-2-17(13-15-7-4-3-5-8-15)21-26(24,25)18-10-6-9-16(14-18)11-12-19(22)20-23;22-19(21-23)13-12-17-10-6-11-18(15-17)26(24,25)20-14-5-4-9-16-7-2-1-3-8-16;21-18(20-22)12-11-16-8-4-10-17(14-16)25(23,24)19-13-5-9-15-6-2-1-3-7-15/h1-16,27H,17-18H2,(H,24,26);5-14,16-17,25H,3-4,15H2,1-2H3,(H,22,24);3-12,14,17,21,23H,2,13H2,1H3,(H,20,22);1-3,6-8,10-13,15,20,23H,4-5,9,14H2,(H,21,22);1-12,14,19,22H,13H2,(H,20,21)/b15-14+;14-13+;12-11+;13-12+;9-5+,12-11+. The Morgan fingerprint density at radius 3 is 1.04 bits per heavy atom. The zero-order valence-corrected chi connectivity index (χ0v) is 78.3. The second-order valence-corrected chi connectivity index (χ2v) is 38.7. The minimum Gasteiger partial charge on any atom is -0.288 e. The van der Waals surface area contributed by atoms with Gasteiger partial charge in [-0.2, -0.15) is 8.61 Å². The van der Waals surface area contributed by atoms with E-state index in [1.54, 1.807) is 72.8 Å². The maximum absolute atomic E-state index is 13.5. The lowest BCUT2D eigenvalue weighted by Crippen LogP contribution is -2.36. The highest BCUT2D eigenvalue weighted by molar-refractivity contribution is 7.90. The fourth-order valence-electron chi connectivity index (χ4n) is 12.6. The van der Waals surface area contributed by atoms with Crippen molar-refractivity contribution >= 4 is 116 Å². The summed E-state index contributed by atoms with van der Waals surface area (Å²) >= 11 is 0. The molecule has 0 aliphatic rings. The van der Waals surface area contributed by atoms with Crippen molar-refractivity contribution in [1.82, 2.24) is 50.2 Å². The molecule has 11 aromatic rings. The van der Waals surface area contributed by atoms with Crippen LogP contribution in [0.5, 0.6) is 0 Å². The molecule has 0 aliphatic heterocycles. The minimum atomic E-state index is -3.81. The normalized spacial score (nSPS) is 12.2. The van der Waals surface area contributed by atoms with Gasteiger partial charge >= 0.3 is 0 Å². The number of hydrogen-bond acceptors (Lipinski definition) is 20. The maximum Gasteiger partial charge on any atom is 0.267 e. The quantitative estimate of drug-likeness (QED) is 0.00732. The highest BCUT2D eigenvalue weighted by Gasteiger charge is 2.31. The van der Waals surface area contributed by atoms with Crippen molar-refractivity contribution in [2.75, 3.05) is 19.6 Å². The number of hydroxylamine groups is 5. The lowest BCUT2D eigenvalue weighted by molar-refractivity contribution is -0.124. The molecule has 0 fully saturated rings. The van der Waals surface area contributed by atoms with Gasteiger partial charge in [-0.05, 0) is 198 Å². The van der Waals surface area contributed by atoms with Crippen LogP contribution in [0.4, 0.5) is 0 Å². The molecule has 0 heterocycles. The summed E-state index contributed by atoms with van der Waals surface area (Å²) in [5.74, 6) is -3.45. The number of carbonyl (C=O) groups excluding carboxylic acids is 5. The van der Waals surface area contributed by atoms with Crippen molar-refractivity contribution in [1.29, 1.82) is 0 Å². The van der Waals surface area contributed by atoms with Crippen LogP contribution in [0.1, 0.15) is 120 Å². The van der Waals surface area contributed by atoms with E-state index in [0.717, 1.165) is 90.3 Å². The van der Waals surface area contributed by atoms with E-state index < -0.39 is 79.7 Å². The number of carbonyl (C=O) groups is 5. The SMILES string of the molecule is CCC(Cc1ccccc1)NS(=O)(=O)c1cccc(/C=C/C(=O)NO)c1.CCCCN(C(C)c1ccccc1)S(=O)(=O)c1cccc(/C=C/C(=O)NO)c1.O=C(/C=C/c1cccc(S(=O)(=O)N(Cc2ccccc2)Cc2ccccc2)c1)NO.O=C(/C=C/c1cccc(S(=O)(=O)NC/C=C/c2ccccc2)c1)NO.O=C(/C=C/c1cccc(S(=O)(=O)NCCCCc2ccccc2)c1)NO. The molecule has 13 N–H and O–H groups in total. The third-order valence-corrected chi connectivity index (χ3v) is 27.8. The molecule has 11 aromatic carbocycles. The van der Waals surface area contributed by atoms with E-state index >= 15 is 0 Å². The van der Waals surface area contributed by atoms with Crippen LogP contribution in [0, 0.1) is 0 Å². The molecule has 135 heavy (non-hydrogen) atoms. The molecule has 0 radical (unpaired) electrons. The predicted octanol–water partition coefficient (Wildman–Crippen LogP) is 14.6. The molecule has 2 unspecified atom stereocenters. The number of nitrogens with one attached hydrogen (secondary N) is 8. The Kier molecular flexibility index (Phi) is 46.0. The van der Waals surface area contributed by atoms with Crippen LogP contribution in [0.15, 0.2) is 364 Å². The van der Waals surface area contributed by atoms with Crippen molar-refractivity contribution < 1.29 is 92.1 Å². The van der Waals surface area contributed by atoms with Gasteiger partial charge in [-0.3, -0.25) is 50.0 Å². The van der Waals surface area contributed by atoms with Gasteiger partial charge < -0.3 is 0 Å². The third kappa shape index (κ3) is 38.6. The van der Waals surface area contributed by atoms with Gasteiger partial charge in [-0.1, -0.05) is 275 Å². The van der Waals surface area contributed by atoms with Crippen molar-refractivity contribution in [3.63, 3.8) is 0 Å². The van der Waals surface area contributed by atoms with Gasteiger partial charge in [-0.15, -0.1) is 0 Å². The van der Waals surface area contributed by atoms with E-state index in [2.05, 4.69) is 26.3 Å². The van der Waals surface area contributed by atoms with Crippen LogP contribution in [0.25, 0.3) is 36.5 Å². The van der Waals surface area contributed by atoms with E-state index in [1.165, 1.54) is 127 Å². The van der Waals surface area contributed by atoms with E-state index in [0.29, 0.717) is 53.7 Å². The number of unbranched alkanes of at least 4 members (excludes halogenated alkanes) is 2. The minimum absolute atomic E-state index is 0.0900. The summed E-state index contributed by atoms with van der Waals surface area (Å²) in [7, 11) is -18.5. The van der Waals surface area contributed by atoms with Crippen molar-refractivity contribution in [2.45, 2.75) is 115 Å². The molecular formula is C100H110N10O20S5. The lowest BCUT2D eigenvalue weighted by Gasteiger charge is -2.29. The summed E-state index contributed by atoms with van der Waals surface area (Å²) < 4.78 is 139. The van der Waals surface area contributed by atoms with E-state index in [1.807, 2.05) is 197 Å². The molecule has 2 atom stereocenters. The second-order valence-electron chi connectivity index (χ2n) is 29.6. The maximum atomic E-state index is 13.5. The van der Waals surface area contributed by atoms with E-state index in [-0.39, 0.29) is 56.2 Å². The van der Waals surface area contributed by atoms with Crippen LogP contribution in [0.3, 0.4) is 0 Å². The predicted molar refractivity (Wildman–Crippen MR) is 520 cm³/mol. The molecule has 0 spiro atoms. The van der Waals surface area contributed by atoms with Crippen LogP contribution >= 0.6 is 0 Å². The fourth-order valence-corrected chi connectivity index (χ4v) is 19.3. The molecule has 0 aliphatic carbocycles. The van der Waals surface area contributed by atoms with Crippen LogP contribution in [-0.2, 0) is 100 Å². The van der Waals surface area contributed by atoms with Crippen LogP contribution < -0.4 is 41.6 Å². The van der Waals surface area contributed by atoms with Gasteiger partial charge in [0.1, 0.15) is 0 Å². The largest absolute Gasteiger partial charge is 0.288 e. The Bertz CT molecular complexity index is 6370. The summed E-state index contributed by atoms with van der Waals surface area (Å²) in [5, 5.41) is 42.5. The number of hydrogen-bond donors (Lipinski definition) is 13. The van der Waals surface area contributed by atoms with Gasteiger partial charge in [0.25, 0.3) is 29.5 Å². The molecule has 35 heteroatoms. The van der Waals surface area contributed by atoms with Gasteiger partial charge in [0.15, 0.2) is 0 Å². The number of aryl methyl sites for hydroxylation is 1. The average molecular weight is 1930 g/mol. The molecule has 11 rings (SSSR count). The Hall–Kier alpha value is -13.4. The monoisotopic (exact) mass is 1930 g/mol. The van der Waals surface area contributed by atoms with Crippen LogP contribution in [0.2, 0.25) is 0 Å². The second kappa shape index (κ2) is 57.2. The molecule has 5 amide bonds. The Morgan fingerprint density at radius 1 is 0.341 bits per heavy atom. The summed E-state index contributed by atoms with van der Waals surface area (Å²) in [5.41, 5.74) is 16.1. The zero-order chi connectivity index (χ0) is 97.9. The fraction of sp³-hybridized carbons (Fsp3) is 0.170. The molecule has 710 valence electrons. The van der Waals surface area contributed by atoms with Gasteiger partial charge in [0, 0.05) is 75.2 Å². The molecule has 0 aromatic heterocycles. The first-order valence-corrected chi connectivity index (χ1v) is 49.8. The van der Waals surface area contributed by atoms with E-state index in [9.17, 15) is 66.1 Å². The number of amides is 5. The average Bonchev–Trinajstić information content (AvgIpc) is 0.784. The lowest BCUT2D eigenvalue weighted by atomic mass is 10.1. The molecule has 0 saturated heterocycles. The molecule has 0 bridgehead atoms. The molecular weight excluding hydrogens is 1820 g/mol. The van der Waals surface area contributed by atoms with Gasteiger partial charge in [0.05, 0.1) is 24.5 Å². The highest BCUT2D eigenvalue weighted by atomic mass is 32.2. The van der Waals surface area contributed by atoms with Crippen molar-refractivity contribution in [3.05, 3.63) is 401 Å². The van der Waals surface area contributed by atoms with Gasteiger partial charge in [0.2, 0.25) is 50.1 Å². The summed E-state index contributed by atoms with van der Waals surface area (Å²) in [6.07, 6.45) is 21.7. The Balaban J connectivity index is 0.000000230. The number of nitrogens with zero attached hydrogens (tertiary/aromatic N) is 2. The first kappa shape index (κ1) is 109. The van der Waals surface area contributed by atoms with Crippen LogP contribution in [-0.4, -0.2) is 132 Å². The zero-order valence-electron chi connectivity index (χ0n) is 74.2. The number of benzene rings is 11. The third-order valence-electron chi connectivity index (χ3n) is 19.7. The first-order chi connectivity index (χ1) is 64.8. The number of sulfonamides is 5. The van der Waals surface area contributed by atoms with Crippen molar-refractivity contribution in [2.24, 2.45) is 0 Å². The topological polar surface area (TPSA) is 460 Å². The summed E-state index contributed by atoms with van der Waals surface area (Å²) in [4.78, 5) is 56.0. The first-order valence-electron chi connectivity index (χ1n) is 42.4.